The Morgan fingerprint density at radius 2 is 2.05 bits per heavy atom. The quantitative estimate of drug-likeness (QED) is 0.713. The van der Waals surface area contributed by atoms with Crippen molar-refractivity contribution < 1.29 is 0 Å². The van der Waals surface area contributed by atoms with Crippen molar-refractivity contribution in [1.29, 1.82) is 0 Å². The predicted octanol–water partition coefficient (Wildman–Crippen LogP) is 2.35. The molecule has 96 valence electrons. The third kappa shape index (κ3) is 1.62. The maximum atomic E-state index is 6.15. The highest BCUT2D eigenvalue weighted by molar-refractivity contribution is 5.91. The summed E-state index contributed by atoms with van der Waals surface area (Å²) in [6.07, 6.45) is 8.29. The molecule has 0 unspecified atom stereocenters. The fraction of sp³-hybridized carbons (Fsp3) is 0.286. The van der Waals surface area contributed by atoms with Gasteiger partial charge in [0.05, 0.1) is 24.0 Å². The molecule has 2 N–H and O–H groups in total. The summed E-state index contributed by atoms with van der Waals surface area (Å²) in [7, 11) is 1.94. The summed E-state index contributed by atoms with van der Waals surface area (Å²) >= 11 is 0. The van der Waals surface area contributed by atoms with E-state index in [0.29, 0.717) is 6.04 Å². The third-order valence-corrected chi connectivity index (χ3v) is 3.75. The van der Waals surface area contributed by atoms with Crippen LogP contribution < -0.4 is 5.73 Å². The number of aryl methyl sites for hydroxylation is 1. The van der Waals surface area contributed by atoms with Gasteiger partial charge < -0.3 is 5.73 Å². The SMILES string of the molecule is Cn1ncc2cc(N)c(-c3cnn(C4CC4)c3)cc21. The van der Waals surface area contributed by atoms with Gasteiger partial charge in [-0.1, -0.05) is 0 Å². The number of benzene rings is 1. The van der Waals surface area contributed by atoms with Gasteiger partial charge in [0.25, 0.3) is 0 Å². The number of nitrogens with zero attached hydrogens (tertiary/aromatic N) is 4. The molecule has 0 atom stereocenters. The molecule has 19 heavy (non-hydrogen) atoms. The van der Waals surface area contributed by atoms with E-state index in [-0.39, 0.29) is 0 Å². The summed E-state index contributed by atoms with van der Waals surface area (Å²) in [6.45, 7) is 0. The highest BCUT2D eigenvalue weighted by Crippen LogP contribution is 2.36. The molecule has 1 saturated carbocycles. The molecule has 1 aliphatic rings. The molecule has 2 heterocycles. The standard InChI is InChI=1S/C14H15N5/c1-18-14-5-12(13(15)4-9(14)6-16-18)10-7-17-19(8-10)11-2-3-11/h4-8,11H,2-3,15H2,1H3. The van der Waals surface area contributed by atoms with E-state index in [2.05, 4.69) is 22.5 Å². The van der Waals surface area contributed by atoms with Gasteiger partial charge >= 0.3 is 0 Å². The van der Waals surface area contributed by atoms with Crippen LogP contribution in [0.4, 0.5) is 5.69 Å². The molecular weight excluding hydrogens is 238 g/mol. The Balaban J connectivity index is 1.87. The molecule has 3 aromatic rings. The van der Waals surface area contributed by atoms with E-state index in [4.69, 9.17) is 5.73 Å². The van der Waals surface area contributed by atoms with Crippen LogP contribution in [0.25, 0.3) is 22.0 Å². The molecule has 0 aliphatic heterocycles. The Morgan fingerprint density at radius 1 is 1.21 bits per heavy atom. The smallest absolute Gasteiger partial charge is 0.0686 e. The highest BCUT2D eigenvalue weighted by Gasteiger charge is 2.24. The van der Waals surface area contributed by atoms with Crippen molar-refractivity contribution in [2.75, 3.05) is 5.73 Å². The molecule has 4 rings (SSSR count). The predicted molar refractivity (Wildman–Crippen MR) is 74.6 cm³/mol. The summed E-state index contributed by atoms with van der Waals surface area (Å²) in [4.78, 5) is 0. The summed E-state index contributed by atoms with van der Waals surface area (Å²) < 4.78 is 3.91. The topological polar surface area (TPSA) is 61.7 Å². The summed E-state index contributed by atoms with van der Waals surface area (Å²) in [5.41, 5.74) is 10.1. The minimum absolute atomic E-state index is 0.593. The van der Waals surface area contributed by atoms with Crippen LogP contribution in [0.1, 0.15) is 18.9 Å². The van der Waals surface area contributed by atoms with Gasteiger partial charge in [-0.2, -0.15) is 10.2 Å². The third-order valence-electron chi connectivity index (χ3n) is 3.75. The first kappa shape index (κ1) is 10.6. The second-order valence-corrected chi connectivity index (χ2v) is 5.21. The number of nitrogen functional groups attached to an aromatic ring is 1. The Bertz CT molecular complexity index is 763. The minimum atomic E-state index is 0.593. The number of aromatic nitrogens is 4. The lowest BCUT2D eigenvalue weighted by Crippen LogP contribution is -1.93. The van der Waals surface area contributed by atoms with Gasteiger partial charge in [-0.05, 0) is 25.0 Å². The van der Waals surface area contributed by atoms with Crippen molar-refractivity contribution in [3.8, 4) is 11.1 Å². The normalized spacial score (nSPS) is 15.2. The molecule has 5 nitrogen and oxygen atoms in total. The largest absolute Gasteiger partial charge is 0.398 e. The number of anilines is 1. The first-order chi connectivity index (χ1) is 9.22. The minimum Gasteiger partial charge on any atom is -0.398 e. The zero-order valence-corrected chi connectivity index (χ0v) is 10.7. The van der Waals surface area contributed by atoms with Gasteiger partial charge in [0.1, 0.15) is 0 Å². The Morgan fingerprint density at radius 3 is 2.84 bits per heavy atom. The van der Waals surface area contributed by atoms with E-state index in [0.717, 1.165) is 27.7 Å². The summed E-state index contributed by atoms with van der Waals surface area (Å²) in [5.74, 6) is 0. The maximum Gasteiger partial charge on any atom is 0.0686 e. The van der Waals surface area contributed by atoms with E-state index in [9.17, 15) is 0 Å². The van der Waals surface area contributed by atoms with E-state index in [1.807, 2.05) is 34.9 Å². The molecular formula is C14H15N5. The molecule has 0 spiro atoms. The van der Waals surface area contributed by atoms with Gasteiger partial charge in [-0.3, -0.25) is 9.36 Å². The average Bonchev–Trinajstić information content (AvgIpc) is 3.04. The van der Waals surface area contributed by atoms with Crippen LogP contribution in [0, 0.1) is 0 Å². The van der Waals surface area contributed by atoms with E-state index >= 15 is 0 Å². The van der Waals surface area contributed by atoms with Crippen molar-refractivity contribution in [2.24, 2.45) is 7.05 Å². The van der Waals surface area contributed by atoms with Gasteiger partial charge in [0, 0.05) is 35.4 Å². The van der Waals surface area contributed by atoms with E-state index < -0.39 is 0 Å². The zero-order chi connectivity index (χ0) is 13.0. The van der Waals surface area contributed by atoms with Crippen LogP contribution in [-0.4, -0.2) is 19.6 Å². The van der Waals surface area contributed by atoms with Crippen molar-refractivity contribution >= 4 is 16.6 Å². The molecule has 0 radical (unpaired) electrons. The number of fused-ring (bicyclic) bond motifs is 1. The van der Waals surface area contributed by atoms with Crippen molar-refractivity contribution in [3.63, 3.8) is 0 Å². The van der Waals surface area contributed by atoms with Crippen LogP contribution in [0.15, 0.2) is 30.7 Å². The second kappa shape index (κ2) is 3.60. The first-order valence-corrected chi connectivity index (χ1v) is 6.48. The molecule has 1 fully saturated rings. The molecule has 0 amide bonds. The highest BCUT2D eigenvalue weighted by atomic mass is 15.3. The van der Waals surface area contributed by atoms with Crippen LogP contribution in [-0.2, 0) is 7.05 Å². The lowest BCUT2D eigenvalue weighted by atomic mass is 10.1. The summed E-state index contributed by atoms with van der Waals surface area (Å²) in [6, 6.07) is 4.66. The maximum absolute atomic E-state index is 6.15. The molecule has 5 heteroatoms. The Kier molecular flexibility index (Phi) is 2.01. The molecule has 1 aromatic carbocycles. The average molecular weight is 253 g/mol. The zero-order valence-electron chi connectivity index (χ0n) is 10.7. The lowest BCUT2D eigenvalue weighted by Gasteiger charge is -2.04. The molecule has 2 aromatic heterocycles. The van der Waals surface area contributed by atoms with Crippen LogP contribution in [0.5, 0.6) is 0 Å². The van der Waals surface area contributed by atoms with Crippen molar-refractivity contribution in [1.82, 2.24) is 19.6 Å². The van der Waals surface area contributed by atoms with Gasteiger partial charge in [-0.25, -0.2) is 0 Å². The number of nitrogens with two attached hydrogens (primary N) is 1. The van der Waals surface area contributed by atoms with Crippen molar-refractivity contribution in [3.05, 3.63) is 30.7 Å². The van der Waals surface area contributed by atoms with Gasteiger partial charge in [-0.15, -0.1) is 0 Å². The fourth-order valence-corrected chi connectivity index (χ4v) is 2.48. The number of hydrogen-bond donors (Lipinski definition) is 1. The van der Waals surface area contributed by atoms with Gasteiger partial charge in [0.15, 0.2) is 0 Å². The first-order valence-electron chi connectivity index (χ1n) is 6.48. The van der Waals surface area contributed by atoms with Crippen molar-refractivity contribution in [2.45, 2.75) is 18.9 Å². The molecule has 0 bridgehead atoms. The lowest BCUT2D eigenvalue weighted by molar-refractivity contribution is 0.642. The van der Waals surface area contributed by atoms with Crippen LogP contribution >= 0.6 is 0 Å². The number of hydrogen-bond acceptors (Lipinski definition) is 3. The summed E-state index contributed by atoms with van der Waals surface area (Å²) in [5, 5.41) is 9.75. The second-order valence-electron chi connectivity index (χ2n) is 5.21. The van der Waals surface area contributed by atoms with E-state index in [1.165, 1.54) is 12.8 Å². The van der Waals surface area contributed by atoms with E-state index in [1.54, 1.807) is 0 Å². The molecule has 0 saturated heterocycles. The molecule has 1 aliphatic carbocycles. The monoisotopic (exact) mass is 253 g/mol. The Hall–Kier alpha value is -2.30. The number of rotatable bonds is 2. The van der Waals surface area contributed by atoms with Crippen LogP contribution in [0.3, 0.4) is 0 Å². The Labute approximate surface area is 110 Å². The fourth-order valence-electron chi connectivity index (χ4n) is 2.48. The van der Waals surface area contributed by atoms with Gasteiger partial charge in [0.2, 0.25) is 0 Å². The van der Waals surface area contributed by atoms with Crippen LogP contribution in [0.2, 0.25) is 0 Å².